The van der Waals surface area contributed by atoms with E-state index >= 15 is 0 Å². The van der Waals surface area contributed by atoms with Crippen LogP contribution in [0.5, 0.6) is 0 Å². The van der Waals surface area contributed by atoms with Crippen molar-refractivity contribution in [2.75, 3.05) is 6.61 Å². The van der Waals surface area contributed by atoms with Crippen LogP contribution in [0.3, 0.4) is 0 Å². The summed E-state index contributed by atoms with van der Waals surface area (Å²) in [4.78, 5) is 15.1. The van der Waals surface area contributed by atoms with Gasteiger partial charge in [-0.1, -0.05) is 36.4 Å². The van der Waals surface area contributed by atoms with Crippen molar-refractivity contribution in [3.63, 3.8) is 0 Å². The van der Waals surface area contributed by atoms with Crippen LogP contribution in [0.4, 0.5) is 4.39 Å². The first kappa shape index (κ1) is 15.8. The van der Waals surface area contributed by atoms with Crippen molar-refractivity contribution < 1.29 is 18.7 Å². The fourth-order valence-corrected chi connectivity index (χ4v) is 3.59. The van der Waals surface area contributed by atoms with Gasteiger partial charge in [-0.25, -0.2) is 4.39 Å². The molecule has 1 unspecified atom stereocenters. The molecule has 1 aliphatic heterocycles. The Labute approximate surface area is 144 Å². The third-order valence-corrected chi connectivity index (χ3v) is 4.64. The number of esters is 1. The molecule has 3 aromatic rings. The zero-order valence-corrected chi connectivity index (χ0v) is 14.1. The summed E-state index contributed by atoms with van der Waals surface area (Å²) in [7, 11) is 0. The van der Waals surface area contributed by atoms with Gasteiger partial charge in [0.1, 0.15) is 5.82 Å². The summed E-state index contributed by atoms with van der Waals surface area (Å²) in [5.41, 5.74) is 3.71. The van der Waals surface area contributed by atoms with Crippen LogP contribution in [0.1, 0.15) is 29.3 Å². The van der Waals surface area contributed by atoms with E-state index in [1.54, 1.807) is 6.07 Å². The summed E-state index contributed by atoms with van der Waals surface area (Å²) >= 11 is 0. The van der Waals surface area contributed by atoms with Crippen LogP contribution >= 0.6 is 0 Å². The average Bonchev–Trinajstić information content (AvgIpc) is 3.01. The van der Waals surface area contributed by atoms with Crippen LogP contribution in [0.2, 0.25) is 0 Å². The van der Waals surface area contributed by atoms with E-state index in [-0.39, 0.29) is 5.82 Å². The highest BCUT2D eigenvalue weighted by atomic mass is 19.1. The molecule has 4 nitrogen and oxygen atoms in total. The highest BCUT2D eigenvalue weighted by Gasteiger charge is 2.45. The normalized spacial score (nSPS) is 19.6. The van der Waals surface area contributed by atoms with E-state index < -0.39 is 11.8 Å². The van der Waals surface area contributed by atoms with E-state index in [2.05, 4.69) is 4.98 Å². The van der Waals surface area contributed by atoms with Crippen LogP contribution < -0.4 is 0 Å². The van der Waals surface area contributed by atoms with E-state index in [1.165, 1.54) is 13.0 Å². The van der Waals surface area contributed by atoms with Crippen molar-refractivity contribution in [2.24, 2.45) is 0 Å². The number of benzene rings is 2. The lowest BCUT2D eigenvalue weighted by atomic mass is 9.94. The maximum atomic E-state index is 14.5. The van der Waals surface area contributed by atoms with Gasteiger partial charge < -0.3 is 14.5 Å². The Morgan fingerprint density at radius 3 is 2.72 bits per heavy atom. The predicted molar refractivity (Wildman–Crippen MR) is 91.6 cm³/mol. The molecule has 0 saturated carbocycles. The van der Waals surface area contributed by atoms with Crippen LogP contribution in [0, 0.1) is 12.7 Å². The number of ether oxygens (including phenoxy) is 2. The Balaban J connectivity index is 2.05. The third-order valence-electron chi connectivity index (χ3n) is 4.64. The molecule has 0 aliphatic carbocycles. The number of hydrogen-bond acceptors (Lipinski definition) is 3. The number of halogens is 1. The number of H-pyrrole nitrogens is 1. The molecular formula is C20H18FNO3. The number of rotatable bonds is 2. The number of carbonyl (C=O) groups is 1. The molecule has 0 saturated heterocycles. The molecule has 25 heavy (non-hydrogen) atoms. The van der Waals surface area contributed by atoms with Gasteiger partial charge in [0.2, 0.25) is 0 Å². The minimum Gasteiger partial charge on any atom is -0.422 e. The molecule has 4 rings (SSSR count). The minimum absolute atomic E-state index is 0.287. The molecule has 128 valence electrons. The molecule has 1 atom stereocenters. The number of aromatic amines is 1. The third kappa shape index (κ3) is 2.35. The number of aromatic nitrogens is 1. The Kier molecular flexibility index (Phi) is 3.62. The SMILES string of the molecule is CC(=O)OC1(c2ccccc2)OCCc2c1[nH]c1c(C)ccc(F)c21. The van der Waals surface area contributed by atoms with Crippen LogP contribution in [0.15, 0.2) is 42.5 Å². The Hall–Kier alpha value is -2.66. The summed E-state index contributed by atoms with van der Waals surface area (Å²) in [6, 6.07) is 12.5. The molecule has 2 heterocycles. The van der Waals surface area contributed by atoms with Gasteiger partial charge in [-0.3, -0.25) is 4.79 Å². The Bertz CT molecular complexity index is 964. The zero-order chi connectivity index (χ0) is 17.6. The number of aryl methyl sites for hydroxylation is 1. The lowest BCUT2D eigenvalue weighted by Crippen LogP contribution is -2.40. The van der Waals surface area contributed by atoms with Crippen molar-refractivity contribution in [3.05, 3.63) is 70.7 Å². The molecule has 1 N–H and O–H groups in total. The van der Waals surface area contributed by atoms with Crippen molar-refractivity contribution in [2.45, 2.75) is 26.1 Å². The molecular weight excluding hydrogens is 321 g/mol. The number of carbonyl (C=O) groups excluding carboxylic acids is 1. The molecule has 0 bridgehead atoms. The maximum absolute atomic E-state index is 14.5. The van der Waals surface area contributed by atoms with E-state index in [9.17, 15) is 9.18 Å². The molecule has 0 fully saturated rings. The van der Waals surface area contributed by atoms with Crippen molar-refractivity contribution in [1.29, 1.82) is 0 Å². The Morgan fingerprint density at radius 2 is 2.00 bits per heavy atom. The lowest BCUT2D eigenvalue weighted by molar-refractivity contribution is -0.222. The number of fused-ring (bicyclic) bond motifs is 3. The summed E-state index contributed by atoms with van der Waals surface area (Å²) < 4.78 is 26.2. The van der Waals surface area contributed by atoms with Crippen LogP contribution in [-0.2, 0) is 26.5 Å². The maximum Gasteiger partial charge on any atom is 0.305 e. The molecule has 2 aromatic carbocycles. The van der Waals surface area contributed by atoms with E-state index in [4.69, 9.17) is 9.47 Å². The topological polar surface area (TPSA) is 51.3 Å². The molecule has 0 amide bonds. The Morgan fingerprint density at radius 1 is 1.24 bits per heavy atom. The van der Waals surface area contributed by atoms with Gasteiger partial charge in [0.25, 0.3) is 5.79 Å². The highest BCUT2D eigenvalue weighted by Crippen LogP contribution is 2.43. The fourth-order valence-electron chi connectivity index (χ4n) is 3.59. The van der Waals surface area contributed by atoms with E-state index in [0.29, 0.717) is 35.2 Å². The minimum atomic E-state index is -1.39. The lowest BCUT2D eigenvalue weighted by Gasteiger charge is -2.36. The van der Waals surface area contributed by atoms with E-state index in [1.807, 2.05) is 37.3 Å². The van der Waals surface area contributed by atoms with Crippen molar-refractivity contribution >= 4 is 16.9 Å². The predicted octanol–water partition coefficient (Wildman–Crippen LogP) is 3.95. The van der Waals surface area contributed by atoms with Gasteiger partial charge in [0.15, 0.2) is 0 Å². The molecule has 1 aromatic heterocycles. The second kappa shape index (κ2) is 5.70. The standard InChI is InChI=1S/C20H18FNO3/c1-12-8-9-16(21)17-15-10-11-24-20(25-13(2)23,19(15)22-18(12)17)14-6-4-3-5-7-14/h3-9,22H,10-11H2,1-2H3. The second-order valence-electron chi connectivity index (χ2n) is 6.27. The molecule has 5 heteroatoms. The summed E-state index contributed by atoms with van der Waals surface area (Å²) in [6.07, 6.45) is 0.547. The van der Waals surface area contributed by atoms with Crippen LogP contribution in [-0.4, -0.2) is 17.6 Å². The second-order valence-corrected chi connectivity index (χ2v) is 6.27. The highest BCUT2D eigenvalue weighted by molar-refractivity contribution is 5.88. The van der Waals surface area contributed by atoms with Crippen molar-refractivity contribution in [1.82, 2.24) is 4.98 Å². The van der Waals surface area contributed by atoms with Gasteiger partial charge in [0.05, 0.1) is 17.8 Å². The quantitative estimate of drug-likeness (QED) is 0.719. The zero-order valence-electron chi connectivity index (χ0n) is 14.1. The van der Waals surface area contributed by atoms with Gasteiger partial charge in [-0.2, -0.15) is 0 Å². The fraction of sp³-hybridized carbons (Fsp3) is 0.250. The smallest absolute Gasteiger partial charge is 0.305 e. The van der Waals surface area contributed by atoms with Gasteiger partial charge >= 0.3 is 5.97 Å². The van der Waals surface area contributed by atoms with Crippen LogP contribution in [0.25, 0.3) is 10.9 Å². The summed E-state index contributed by atoms with van der Waals surface area (Å²) in [6.45, 7) is 3.59. The van der Waals surface area contributed by atoms with Gasteiger partial charge in [0, 0.05) is 17.9 Å². The van der Waals surface area contributed by atoms with Crippen molar-refractivity contribution in [3.8, 4) is 0 Å². The number of hydrogen-bond donors (Lipinski definition) is 1. The summed E-state index contributed by atoms with van der Waals surface area (Å²) in [5, 5.41) is 0.547. The first-order valence-corrected chi connectivity index (χ1v) is 8.22. The first-order chi connectivity index (χ1) is 12.0. The largest absolute Gasteiger partial charge is 0.422 e. The molecule has 1 aliphatic rings. The summed E-state index contributed by atoms with van der Waals surface area (Å²) in [5.74, 6) is -2.14. The van der Waals surface area contributed by atoms with Gasteiger partial charge in [-0.15, -0.1) is 0 Å². The average molecular weight is 339 g/mol. The molecule has 0 spiro atoms. The first-order valence-electron chi connectivity index (χ1n) is 8.22. The van der Waals surface area contributed by atoms with Gasteiger partial charge in [-0.05, 0) is 30.5 Å². The monoisotopic (exact) mass is 339 g/mol. The molecule has 0 radical (unpaired) electrons. The number of nitrogens with one attached hydrogen (secondary N) is 1. The van der Waals surface area contributed by atoms with E-state index in [0.717, 1.165) is 11.1 Å².